The smallest absolute Gasteiger partial charge is 0.141 e. The van der Waals surface area contributed by atoms with Crippen molar-refractivity contribution in [2.75, 3.05) is 0 Å². The predicted molar refractivity (Wildman–Crippen MR) is 69.2 cm³/mol. The topological polar surface area (TPSA) is 50.9 Å². The van der Waals surface area contributed by atoms with E-state index >= 15 is 0 Å². The molecular formula is C14H16FN3. The summed E-state index contributed by atoms with van der Waals surface area (Å²) in [6, 6.07) is 10.9. The van der Waals surface area contributed by atoms with Gasteiger partial charge in [0, 0.05) is 0 Å². The lowest BCUT2D eigenvalue weighted by Gasteiger charge is -2.16. The van der Waals surface area contributed by atoms with E-state index in [-0.39, 0.29) is 11.9 Å². The summed E-state index contributed by atoms with van der Waals surface area (Å²) < 4.78 is 12.8. The Morgan fingerprint density at radius 2 is 1.94 bits per heavy atom. The van der Waals surface area contributed by atoms with Crippen LogP contribution in [-0.4, -0.2) is 4.98 Å². The molecule has 94 valence electrons. The van der Waals surface area contributed by atoms with Crippen molar-refractivity contribution in [3.8, 4) is 0 Å². The van der Waals surface area contributed by atoms with Crippen LogP contribution in [0.25, 0.3) is 0 Å². The van der Waals surface area contributed by atoms with Crippen molar-refractivity contribution in [3.63, 3.8) is 0 Å². The Hall–Kier alpha value is -1.78. The molecule has 2 rings (SSSR count). The van der Waals surface area contributed by atoms with E-state index in [1.165, 1.54) is 17.8 Å². The van der Waals surface area contributed by atoms with Crippen LogP contribution in [0.1, 0.15) is 29.8 Å². The van der Waals surface area contributed by atoms with Gasteiger partial charge in [-0.1, -0.05) is 31.2 Å². The zero-order chi connectivity index (χ0) is 13.0. The van der Waals surface area contributed by atoms with Gasteiger partial charge in [-0.25, -0.2) is 9.82 Å². The fraction of sp³-hybridized carbons (Fsp3) is 0.214. The molecule has 0 saturated heterocycles. The lowest BCUT2D eigenvalue weighted by atomic mass is 10.0. The van der Waals surface area contributed by atoms with Gasteiger partial charge in [-0.05, 0) is 29.7 Å². The van der Waals surface area contributed by atoms with Crippen LogP contribution in [0.15, 0.2) is 42.6 Å². The molecule has 0 amide bonds. The van der Waals surface area contributed by atoms with Gasteiger partial charge in [0.05, 0.1) is 17.9 Å². The zero-order valence-corrected chi connectivity index (χ0v) is 10.2. The number of pyridine rings is 1. The Labute approximate surface area is 106 Å². The molecule has 0 bridgehead atoms. The zero-order valence-electron chi connectivity index (χ0n) is 10.2. The highest BCUT2D eigenvalue weighted by atomic mass is 19.1. The number of nitrogens with zero attached hydrogens (tertiary/aromatic N) is 1. The highest BCUT2D eigenvalue weighted by Crippen LogP contribution is 2.20. The summed E-state index contributed by atoms with van der Waals surface area (Å²) in [6.07, 6.45) is 2.19. The standard InChI is InChI=1S/C14H16FN3/c1-2-10-3-5-11(6-4-10)14(18-16)13-8-7-12(15)9-17-13/h3-9,14,18H,2,16H2,1H3. The normalized spacial score (nSPS) is 12.4. The van der Waals surface area contributed by atoms with Gasteiger partial charge >= 0.3 is 0 Å². The van der Waals surface area contributed by atoms with Crippen LogP contribution in [0.5, 0.6) is 0 Å². The van der Waals surface area contributed by atoms with E-state index in [9.17, 15) is 4.39 Å². The van der Waals surface area contributed by atoms with Crippen LogP contribution in [0, 0.1) is 5.82 Å². The minimum atomic E-state index is -0.351. The number of hydrogen-bond acceptors (Lipinski definition) is 3. The van der Waals surface area contributed by atoms with E-state index in [0.717, 1.165) is 12.0 Å². The molecule has 3 nitrogen and oxygen atoms in total. The maximum atomic E-state index is 12.8. The van der Waals surface area contributed by atoms with Gasteiger partial charge in [-0.3, -0.25) is 10.8 Å². The molecule has 0 radical (unpaired) electrons. The molecule has 0 spiro atoms. The van der Waals surface area contributed by atoms with Crippen LogP contribution in [0.4, 0.5) is 4.39 Å². The third-order valence-electron chi connectivity index (χ3n) is 2.93. The molecule has 1 unspecified atom stereocenters. The number of aromatic nitrogens is 1. The Morgan fingerprint density at radius 1 is 1.22 bits per heavy atom. The SMILES string of the molecule is CCc1ccc(C(NN)c2ccc(F)cn2)cc1. The van der Waals surface area contributed by atoms with E-state index in [4.69, 9.17) is 5.84 Å². The Morgan fingerprint density at radius 3 is 2.44 bits per heavy atom. The first kappa shape index (κ1) is 12.7. The first-order valence-electron chi connectivity index (χ1n) is 5.91. The van der Waals surface area contributed by atoms with Gasteiger partial charge in [0.2, 0.25) is 0 Å². The van der Waals surface area contributed by atoms with Crippen LogP contribution >= 0.6 is 0 Å². The van der Waals surface area contributed by atoms with Gasteiger partial charge in [-0.2, -0.15) is 0 Å². The maximum Gasteiger partial charge on any atom is 0.141 e. The van der Waals surface area contributed by atoms with Crippen molar-refractivity contribution in [1.29, 1.82) is 0 Å². The molecule has 0 aliphatic carbocycles. The Kier molecular flexibility index (Phi) is 4.02. The lowest BCUT2D eigenvalue weighted by molar-refractivity contribution is 0.596. The number of benzene rings is 1. The fourth-order valence-corrected chi connectivity index (χ4v) is 1.86. The molecule has 18 heavy (non-hydrogen) atoms. The van der Waals surface area contributed by atoms with Gasteiger partial charge in [-0.15, -0.1) is 0 Å². The molecular weight excluding hydrogens is 229 g/mol. The summed E-state index contributed by atoms with van der Waals surface area (Å²) >= 11 is 0. The van der Waals surface area contributed by atoms with Crippen molar-refractivity contribution in [3.05, 3.63) is 65.2 Å². The maximum absolute atomic E-state index is 12.8. The van der Waals surface area contributed by atoms with Gasteiger partial charge in [0.1, 0.15) is 5.82 Å². The summed E-state index contributed by atoms with van der Waals surface area (Å²) in [5, 5.41) is 0. The highest BCUT2D eigenvalue weighted by Gasteiger charge is 2.13. The number of hydrogen-bond donors (Lipinski definition) is 2. The first-order valence-corrected chi connectivity index (χ1v) is 5.91. The fourth-order valence-electron chi connectivity index (χ4n) is 1.86. The second kappa shape index (κ2) is 5.71. The Balaban J connectivity index is 2.29. The van der Waals surface area contributed by atoms with Crippen molar-refractivity contribution in [2.24, 2.45) is 5.84 Å². The molecule has 2 aromatic rings. The molecule has 1 aromatic heterocycles. The molecule has 1 aromatic carbocycles. The lowest BCUT2D eigenvalue weighted by Crippen LogP contribution is -2.29. The van der Waals surface area contributed by atoms with Crippen molar-refractivity contribution in [2.45, 2.75) is 19.4 Å². The van der Waals surface area contributed by atoms with Gasteiger partial charge in [0.15, 0.2) is 0 Å². The predicted octanol–water partition coefficient (Wildman–Crippen LogP) is 2.34. The summed E-state index contributed by atoms with van der Waals surface area (Å²) in [5.41, 5.74) is 5.68. The van der Waals surface area contributed by atoms with Crippen LogP contribution < -0.4 is 11.3 Å². The molecule has 0 aliphatic heterocycles. The van der Waals surface area contributed by atoms with Crippen LogP contribution in [-0.2, 0) is 6.42 Å². The average molecular weight is 245 g/mol. The third-order valence-corrected chi connectivity index (χ3v) is 2.93. The number of rotatable bonds is 4. The molecule has 1 atom stereocenters. The largest absolute Gasteiger partial charge is 0.271 e. The number of nitrogens with two attached hydrogens (primary N) is 1. The van der Waals surface area contributed by atoms with Crippen molar-refractivity contribution in [1.82, 2.24) is 10.4 Å². The first-order chi connectivity index (χ1) is 8.74. The van der Waals surface area contributed by atoms with Crippen molar-refractivity contribution >= 4 is 0 Å². The molecule has 1 heterocycles. The summed E-state index contributed by atoms with van der Waals surface area (Å²) in [4.78, 5) is 4.05. The number of halogens is 1. The van der Waals surface area contributed by atoms with Crippen LogP contribution in [0.2, 0.25) is 0 Å². The molecule has 0 aliphatic rings. The van der Waals surface area contributed by atoms with E-state index in [1.54, 1.807) is 6.07 Å². The number of aryl methyl sites for hydroxylation is 1. The summed E-state index contributed by atoms with van der Waals surface area (Å²) in [7, 11) is 0. The summed E-state index contributed by atoms with van der Waals surface area (Å²) in [6.45, 7) is 2.11. The summed E-state index contributed by atoms with van der Waals surface area (Å²) in [5.74, 6) is 5.21. The van der Waals surface area contributed by atoms with Gasteiger partial charge < -0.3 is 0 Å². The minimum Gasteiger partial charge on any atom is -0.271 e. The second-order valence-electron chi connectivity index (χ2n) is 4.10. The van der Waals surface area contributed by atoms with E-state index < -0.39 is 0 Å². The van der Waals surface area contributed by atoms with Gasteiger partial charge in [0.25, 0.3) is 0 Å². The van der Waals surface area contributed by atoms with E-state index in [0.29, 0.717) is 5.69 Å². The second-order valence-corrected chi connectivity index (χ2v) is 4.10. The quantitative estimate of drug-likeness (QED) is 0.642. The third kappa shape index (κ3) is 2.72. The highest BCUT2D eigenvalue weighted by molar-refractivity contribution is 5.30. The molecule has 0 fully saturated rings. The number of nitrogens with one attached hydrogen (secondary N) is 1. The molecule has 3 N–H and O–H groups in total. The minimum absolute atomic E-state index is 0.225. The average Bonchev–Trinajstić information content (AvgIpc) is 2.42. The van der Waals surface area contributed by atoms with E-state index in [2.05, 4.69) is 29.5 Å². The monoisotopic (exact) mass is 245 g/mol. The van der Waals surface area contributed by atoms with Crippen LogP contribution in [0.3, 0.4) is 0 Å². The molecule has 0 saturated carbocycles. The molecule has 4 heteroatoms. The number of hydrazine groups is 1. The van der Waals surface area contributed by atoms with Crippen molar-refractivity contribution < 1.29 is 4.39 Å². The Bertz CT molecular complexity index is 493. The van der Waals surface area contributed by atoms with E-state index in [1.807, 2.05) is 12.1 Å².